The van der Waals surface area contributed by atoms with Gasteiger partial charge in [-0.05, 0) is 155 Å². The van der Waals surface area contributed by atoms with Crippen molar-refractivity contribution in [2.75, 3.05) is 6.54 Å². The first kappa shape index (κ1) is 48.7. The molecule has 0 aromatic rings. The maximum Gasteiger partial charge on any atom is 0.322 e. The highest BCUT2D eigenvalue weighted by atomic mass is 16.5. The van der Waals surface area contributed by atoms with Gasteiger partial charge in [-0.3, -0.25) is 14.4 Å². The smallest absolute Gasteiger partial charge is 0.322 e. The highest BCUT2D eigenvalue weighted by molar-refractivity contribution is 5.81. The van der Waals surface area contributed by atoms with E-state index in [4.69, 9.17) is 9.84 Å². The molecule has 59 heavy (non-hydrogen) atoms. The van der Waals surface area contributed by atoms with Gasteiger partial charge in [-0.1, -0.05) is 121 Å². The lowest BCUT2D eigenvalue weighted by atomic mass is 9.43. The van der Waals surface area contributed by atoms with Crippen molar-refractivity contribution in [1.82, 2.24) is 5.32 Å². The zero-order valence-electron chi connectivity index (χ0n) is 37.6. The lowest BCUT2D eigenvalue weighted by Gasteiger charge is -2.62. The standard InChI is InChI=1S/C52H83NO6/c1-5-6-7-8-9-10-11-12-13-14-15-16-17-18-19-20-21-22-23-24-25-26-27-28-50(58)59-42-35-36-51(3)41(37-42)30-31-43-45-33-32-44(52(45,4)47(54)38-46(43)51)40(2)29-34-48(55)53-39-49(56)57/h6-7,9-10,12-13,15-16,18-19,40-47,54H,5,8,11,14,17,20-39H2,1-4H3,(H,53,55)(H,56,57)/b7-6-,10-9-,13-12-,16-15-,19-18-. The minimum absolute atomic E-state index is 0.0151. The third-order valence-corrected chi connectivity index (χ3v) is 15.5. The molecule has 0 aliphatic heterocycles. The van der Waals surface area contributed by atoms with Gasteiger partial charge in [0.1, 0.15) is 12.6 Å². The summed E-state index contributed by atoms with van der Waals surface area (Å²) in [6.45, 7) is 8.86. The maximum atomic E-state index is 12.9. The van der Waals surface area contributed by atoms with E-state index in [9.17, 15) is 19.5 Å². The molecule has 4 fully saturated rings. The van der Waals surface area contributed by atoms with Crippen LogP contribution in [0.5, 0.6) is 0 Å². The van der Waals surface area contributed by atoms with Crippen LogP contribution in [0.2, 0.25) is 0 Å². The topological polar surface area (TPSA) is 113 Å². The summed E-state index contributed by atoms with van der Waals surface area (Å²) in [5.74, 6) is 1.55. The van der Waals surface area contributed by atoms with Gasteiger partial charge >= 0.3 is 11.9 Å². The van der Waals surface area contributed by atoms with Crippen LogP contribution in [0.25, 0.3) is 0 Å². The molecule has 10 atom stereocenters. The molecule has 4 aliphatic rings. The van der Waals surface area contributed by atoms with E-state index in [1.165, 1.54) is 44.9 Å². The summed E-state index contributed by atoms with van der Waals surface area (Å²) in [4.78, 5) is 36.0. The van der Waals surface area contributed by atoms with E-state index in [0.717, 1.165) is 89.9 Å². The highest BCUT2D eigenvalue weighted by Gasteiger charge is 2.63. The molecule has 0 aromatic carbocycles. The van der Waals surface area contributed by atoms with Crippen molar-refractivity contribution in [2.24, 2.45) is 46.3 Å². The van der Waals surface area contributed by atoms with Gasteiger partial charge in [-0.2, -0.15) is 0 Å². The molecule has 0 aromatic heterocycles. The minimum atomic E-state index is -1.03. The van der Waals surface area contributed by atoms with Gasteiger partial charge < -0.3 is 20.3 Å². The summed E-state index contributed by atoms with van der Waals surface area (Å²) in [7, 11) is 0. The second-order valence-electron chi connectivity index (χ2n) is 19.3. The third kappa shape index (κ3) is 14.9. The Balaban J connectivity index is 1.04. The first-order chi connectivity index (χ1) is 28.5. The molecule has 10 unspecified atom stereocenters. The summed E-state index contributed by atoms with van der Waals surface area (Å²) in [5.41, 5.74) is 0.0281. The van der Waals surface area contributed by atoms with Crippen LogP contribution < -0.4 is 5.32 Å². The Morgan fingerprint density at radius 3 is 1.98 bits per heavy atom. The summed E-state index contributed by atoms with van der Waals surface area (Å²) in [6.07, 6.45) is 46.8. The number of unbranched alkanes of at least 4 members (excludes halogenated alkanes) is 7. The van der Waals surface area contributed by atoms with Crippen LogP contribution in [0.15, 0.2) is 60.8 Å². The fourth-order valence-corrected chi connectivity index (χ4v) is 12.1. The van der Waals surface area contributed by atoms with Crippen LogP contribution in [-0.4, -0.2) is 46.8 Å². The van der Waals surface area contributed by atoms with Crippen molar-refractivity contribution in [3.05, 3.63) is 60.8 Å². The quantitative estimate of drug-likeness (QED) is 0.0455. The average molecular weight is 818 g/mol. The summed E-state index contributed by atoms with van der Waals surface area (Å²) >= 11 is 0. The molecular formula is C52H83NO6. The van der Waals surface area contributed by atoms with Gasteiger partial charge in [0.05, 0.1) is 6.10 Å². The zero-order chi connectivity index (χ0) is 42.5. The number of aliphatic carboxylic acids is 1. The number of nitrogens with one attached hydrogen (secondary N) is 1. The number of allylic oxidation sites excluding steroid dienone is 10. The maximum absolute atomic E-state index is 12.9. The number of hydrogen-bond donors (Lipinski definition) is 3. The molecule has 0 heterocycles. The number of hydrogen-bond acceptors (Lipinski definition) is 5. The number of fused-ring (bicyclic) bond motifs is 5. The number of carbonyl (C=O) groups is 3. The number of esters is 1. The molecule has 7 nitrogen and oxygen atoms in total. The second-order valence-corrected chi connectivity index (χ2v) is 19.3. The van der Waals surface area contributed by atoms with Gasteiger partial charge in [-0.25, -0.2) is 0 Å². The largest absolute Gasteiger partial charge is 0.480 e. The van der Waals surface area contributed by atoms with Crippen molar-refractivity contribution in [2.45, 2.75) is 194 Å². The molecule has 0 radical (unpaired) electrons. The molecular weight excluding hydrogens is 735 g/mol. The molecule has 332 valence electrons. The predicted molar refractivity (Wildman–Crippen MR) is 242 cm³/mol. The summed E-state index contributed by atoms with van der Waals surface area (Å²) in [6, 6.07) is 0. The number of ether oxygens (including phenoxy) is 1. The number of carbonyl (C=O) groups excluding carboxylic acids is 2. The van der Waals surface area contributed by atoms with Gasteiger partial charge in [0.25, 0.3) is 0 Å². The number of carboxylic acid groups (broad SMARTS) is 1. The van der Waals surface area contributed by atoms with E-state index >= 15 is 0 Å². The molecule has 3 N–H and O–H groups in total. The first-order valence-corrected chi connectivity index (χ1v) is 24.1. The number of aliphatic hydroxyl groups excluding tert-OH is 1. The predicted octanol–water partition coefficient (Wildman–Crippen LogP) is 12.4. The molecule has 4 rings (SSSR count). The van der Waals surface area contributed by atoms with Crippen molar-refractivity contribution in [1.29, 1.82) is 0 Å². The van der Waals surface area contributed by atoms with Crippen LogP contribution in [-0.2, 0) is 19.1 Å². The van der Waals surface area contributed by atoms with Gasteiger partial charge in [0.15, 0.2) is 0 Å². The Kier molecular flexibility index (Phi) is 21.3. The normalized spacial score (nSPS) is 31.2. The summed E-state index contributed by atoms with van der Waals surface area (Å²) < 4.78 is 6.12. The molecule has 4 saturated carbocycles. The third-order valence-electron chi connectivity index (χ3n) is 15.5. The van der Waals surface area contributed by atoms with Crippen LogP contribution in [0.1, 0.15) is 182 Å². The molecule has 0 spiro atoms. The monoisotopic (exact) mass is 818 g/mol. The van der Waals surface area contributed by atoms with Crippen LogP contribution in [0.4, 0.5) is 0 Å². The molecule has 0 saturated heterocycles. The van der Waals surface area contributed by atoms with E-state index in [1.807, 2.05) is 0 Å². The van der Waals surface area contributed by atoms with E-state index in [0.29, 0.717) is 54.8 Å². The Hall–Kier alpha value is -2.93. The number of amides is 1. The summed E-state index contributed by atoms with van der Waals surface area (Å²) in [5, 5.41) is 23.3. The first-order valence-electron chi connectivity index (χ1n) is 24.1. The SMILES string of the molecule is CC/C=C\C/C=C\C/C=C\C/C=C\C/C=C\CCCCCCCCCC(=O)OC1CCC2(C)C(CCC3C2CC(O)C2(C)C(C(C)CCC(=O)NCC(=O)O)CCC32)C1. The van der Waals surface area contributed by atoms with E-state index in [-0.39, 0.29) is 41.5 Å². The van der Waals surface area contributed by atoms with Crippen molar-refractivity contribution in [3.8, 4) is 0 Å². The fraction of sp³-hybridized carbons (Fsp3) is 0.750. The second kappa shape index (κ2) is 25.8. The van der Waals surface area contributed by atoms with Crippen molar-refractivity contribution < 1.29 is 29.3 Å². The molecule has 0 bridgehead atoms. The van der Waals surface area contributed by atoms with Crippen LogP contribution >= 0.6 is 0 Å². The number of rotatable bonds is 26. The van der Waals surface area contributed by atoms with Gasteiger partial charge in [0.2, 0.25) is 5.91 Å². The highest BCUT2D eigenvalue weighted by Crippen LogP contribution is 2.68. The van der Waals surface area contributed by atoms with Gasteiger partial charge in [-0.15, -0.1) is 0 Å². The minimum Gasteiger partial charge on any atom is -0.480 e. The van der Waals surface area contributed by atoms with Crippen LogP contribution in [0, 0.1) is 46.3 Å². The Labute approximate surface area is 359 Å². The van der Waals surface area contributed by atoms with Crippen LogP contribution in [0.3, 0.4) is 0 Å². The van der Waals surface area contributed by atoms with E-state index < -0.39 is 5.97 Å². The fourth-order valence-electron chi connectivity index (χ4n) is 12.1. The Morgan fingerprint density at radius 1 is 0.729 bits per heavy atom. The van der Waals surface area contributed by atoms with Gasteiger partial charge in [0, 0.05) is 12.8 Å². The Bertz CT molecular complexity index is 1430. The molecule has 4 aliphatic carbocycles. The Morgan fingerprint density at radius 2 is 1.34 bits per heavy atom. The number of carboxylic acids is 1. The van der Waals surface area contributed by atoms with E-state index in [1.54, 1.807) is 0 Å². The lowest BCUT2D eigenvalue weighted by molar-refractivity contribution is -0.181. The lowest BCUT2D eigenvalue weighted by Crippen LogP contribution is -2.59. The van der Waals surface area contributed by atoms with Crippen molar-refractivity contribution >= 4 is 17.8 Å². The average Bonchev–Trinajstić information content (AvgIpc) is 3.58. The van der Waals surface area contributed by atoms with E-state index in [2.05, 4.69) is 93.8 Å². The number of aliphatic hydroxyl groups is 1. The molecule has 7 heteroatoms. The zero-order valence-corrected chi connectivity index (χ0v) is 37.6. The van der Waals surface area contributed by atoms with Crippen molar-refractivity contribution in [3.63, 3.8) is 0 Å². The molecule has 1 amide bonds.